The lowest BCUT2D eigenvalue weighted by molar-refractivity contribution is -0.197. The van der Waals surface area contributed by atoms with Gasteiger partial charge in [-0.2, -0.15) is 0 Å². The lowest BCUT2D eigenvalue weighted by Gasteiger charge is -2.64. The molecule has 2 aromatic carbocycles. The third-order valence-electron chi connectivity index (χ3n) is 9.78. The van der Waals surface area contributed by atoms with Gasteiger partial charge in [0.15, 0.2) is 11.5 Å². The van der Waals surface area contributed by atoms with E-state index in [9.17, 15) is 14.7 Å². The van der Waals surface area contributed by atoms with Crippen molar-refractivity contribution in [2.24, 2.45) is 0 Å². The van der Waals surface area contributed by atoms with Gasteiger partial charge in [0.05, 0.1) is 17.1 Å². The van der Waals surface area contributed by atoms with Crippen molar-refractivity contribution in [3.63, 3.8) is 0 Å². The van der Waals surface area contributed by atoms with E-state index >= 15 is 0 Å². The number of likely N-dealkylation sites (N-methyl/N-ethyl adjacent to an activating group) is 1. The first-order valence-electron chi connectivity index (χ1n) is 14.1. The summed E-state index contributed by atoms with van der Waals surface area (Å²) in [5.41, 5.74) is 3.36. The van der Waals surface area contributed by atoms with Crippen molar-refractivity contribution >= 4 is 11.9 Å². The van der Waals surface area contributed by atoms with Gasteiger partial charge >= 0.3 is 5.97 Å². The molecule has 1 N–H and O–H groups in total. The zero-order chi connectivity index (χ0) is 28.4. The van der Waals surface area contributed by atoms with Gasteiger partial charge in [-0.05, 0) is 81.0 Å². The molecule has 0 unspecified atom stereocenters. The fraction of sp³-hybridized carbons (Fsp3) is 0.455. The van der Waals surface area contributed by atoms with Gasteiger partial charge < -0.3 is 19.5 Å². The molecule has 2 aliphatic heterocycles. The van der Waals surface area contributed by atoms with Gasteiger partial charge in [-0.1, -0.05) is 24.1 Å². The molecule has 2 fully saturated rings. The minimum Gasteiger partial charge on any atom is -0.483 e. The molecule has 7 heteroatoms. The molecule has 2 aromatic rings. The van der Waals surface area contributed by atoms with Crippen molar-refractivity contribution in [2.45, 2.75) is 75.7 Å². The number of aliphatic hydroxyl groups is 1. The average Bonchev–Trinajstić information content (AvgIpc) is 3.27. The summed E-state index contributed by atoms with van der Waals surface area (Å²) in [6.07, 6.45) is 3.82. The van der Waals surface area contributed by atoms with Crippen LogP contribution in [0.1, 0.15) is 54.0 Å². The number of aryl methyl sites for hydroxylation is 2. The number of likely N-dealkylation sites (tertiary alicyclic amines) is 1. The number of hydrogen-bond donors (Lipinski definition) is 1. The Morgan fingerprint density at radius 3 is 2.77 bits per heavy atom. The maximum Gasteiger partial charge on any atom is 0.308 e. The van der Waals surface area contributed by atoms with Gasteiger partial charge in [0.25, 0.3) is 5.91 Å². The molecule has 2 aliphatic carbocycles. The molecule has 40 heavy (non-hydrogen) atoms. The molecule has 0 radical (unpaired) electrons. The lowest BCUT2D eigenvalue weighted by Crippen LogP contribution is -2.78. The van der Waals surface area contributed by atoms with Crippen LogP contribution in [0, 0.1) is 25.7 Å². The van der Waals surface area contributed by atoms with E-state index in [4.69, 9.17) is 9.47 Å². The van der Waals surface area contributed by atoms with Crippen molar-refractivity contribution in [1.29, 1.82) is 0 Å². The Morgan fingerprint density at radius 1 is 1.25 bits per heavy atom. The summed E-state index contributed by atoms with van der Waals surface area (Å²) >= 11 is 0. The van der Waals surface area contributed by atoms with Crippen LogP contribution in [-0.2, 0) is 21.4 Å². The maximum absolute atomic E-state index is 13.4. The van der Waals surface area contributed by atoms with Crippen LogP contribution < -0.4 is 9.47 Å². The van der Waals surface area contributed by atoms with Crippen LogP contribution in [0.25, 0.3) is 0 Å². The first-order valence-corrected chi connectivity index (χ1v) is 14.1. The van der Waals surface area contributed by atoms with E-state index in [1.54, 1.807) is 18.0 Å². The number of carbonyl (C=O) groups is 2. The van der Waals surface area contributed by atoms with E-state index in [-0.39, 0.29) is 18.0 Å². The number of amides is 1. The number of nitrogens with zero attached hydrogens (tertiary/aromatic N) is 2. The molecule has 208 valence electrons. The first-order chi connectivity index (χ1) is 19.1. The van der Waals surface area contributed by atoms with Crippen LogP contribution in [0.3, 0.4) is 0 Å². The quantitative estimate of drug-likeness (QED) is 0.277. The lowest BCUT2D eigenvalue weighted by atomic mass is 9.48. The van der Waals surface area contributed by atoms with Gasteiger partial charge in [0.1, 0.15) is 6.10 Å². The number of carbonyl (C=O) groups excluding carboxylic acids is 2. The highest BCUT2D eigenvalue weighted by molar-refractivity contribution is 5.94. The smallest absolute Gasteiger partial charge is 0.308 e. The fourth-order valence-corrected chi connectivity index (χ4v) is 7.79. The van der Waals surface area contributed by atoms with E-state index < -0.39 is 23.1 Å². The zero-order valence-electron chi connectivity index (χ0n) is 23.6. The molecule has 2 heterocycles. The highest BCUT2D eigenvalue weighted by atomic mass is 16.6. The molecular formula is C33H36N2O5. The third-order valence-corrected chi connectivity index (χ3v) is 9.78. The summed E-state index contributed by atoms with van der Waals surface area (Å²) in [7, 11) is 1.77. The molecule has 6 rings (SSSR count). The van der Waals surface area contributed by atoms with Gasteiger partial charge in [0.2, 0.25) is 0 Å². The second-order valence-electron chi connectivity index (χ2n) is 11.8. The number of piperidine rings is 1. The number of rotatable bonds is 4. The summed E-state index contributed by atoms with van der Waals surface area (Å²) in [5, 5.41) is 12.6. The molecule has 5 atom stereocenters. The monoisotopic (exact) mass is 540 g/mol. The maximum atomic E-state index is 13.4. The number of hydrogen-bond acceptors (Lipinski definition) is 6. The van der Waals surface area contributed by atoms with Crippen molar-refractivity contribution in [2.75, 3.05) is 20.1 Å². The Labute approximate surface area is 235 Å². The van der Waals surface area contributed by atoms with Crippen LogP contribution in [0.4, 0.5) is 0 Å². The van der Waals surface area contributed by atoms with Gasteiger partial charge in [0, 0.05) is 43.6 Å². The van der Waals surface area contributed by atoms with Crippen molar-refractivity contribution in [3.8, 4) is 23.3 Å². The standard InChI is InChI=1S/C33H36N2O5/c1-6-16-35-17-15-32-29-24-10-11-26(39-22(4)36)30(29)40-31(32)25(13-14-33(32,38)27(35)19-24)34(5)28(37)12-9-23-8-7-20(2)21(3)18-23/h6-8,10-11,18,25,27,31,38H,1,13-17,19H2,2-5H3/t25-,27+,31-,32-,33+/m0/s1. The van der Waals surface area contributed by atoms with Crippen LogP contribution >= 0.6 is 0 Å². The number of ether oxygens (including phenoxy) is 2. The van der Waals surface area contributed by atoms with E-state index in [2.05, 4.69) is 23.3 Å². The second-order valence-corrected chi connectivity index (χ2v) is 11.8. The summed E-state index contributed by atoms with van der Waals surface area (Å²) in [6.45, 7) is 10.9. The first kappa shape index (κ1) is 26.6. The molecule has 4 aliphatic rings. The van der Waals surface area contributed by atoms with Crippen molar-refractivity contribution in [1.82, 2.24) is 9.80 Å². The second kappa shape index (κ2) is 9.50. The van der Waals surface area contributed by atoms with Crippen LogP contribution in [0.15, 0.2) is 43.0 Å². The molecule has 2 bridgehead atoms. The van der Waals surface area contributed by atoms with Gasteiger partial charge in [-0.3, -0.25) is 14.5 Å². The Hall–Kier alpha value is -3.60. The zero-order valence-corrected chi connectivity index (χ0v) is 23.6. The summed E-state index contributed by atoms with van der Waals surface area (Å²) in [6, 6.07) is 9.31. The molecule has 7 nitrogen and oxygen atoms in total. The van der Waals surface area contributed by atoms with E-state index in [1.165, 1.54) is 12.5 Å². The highest BCUT2D eigenvalue weighted by Gasteiger charge is 2.73. The van der Waals surface area contributed by atoms with Crippen LogP contribution in [0.5, 0.6) is 11.5 Å². The predicted octanol–water partition coefficient (Wildman–Crippen LogP) is 3.45. The Bertz CT molecular complexity index is 1490. The number of benzene rings is 2. The number of esters is 1. The van der Waals surface area contributed by atoms with E-state index in [0.717, 1.165) is 28.8 Å². The topological polar surface area (TPSA) is 79.3 Å². The van der Waals surface area contributed by atoms with Crippen LogP contribution in [-0.4, -0.2) is 70.7 Å². The minimum absolute atomic E-state index is 0.102. The molecular weight excluding hydrogens is 504 g/mol. The molecule has 1 spiro atoms. The highest BCUT2D eigenvalue weighted by Crippen LogP contribution is 2.65. The van der Waals surface area contributed by atoms with Crippen molar-refractivity contribution < 1.29 is 24.2 Å². The molecule has 0 aromatic heterocycles. The van der Waals surface area contributed by atoms with E-state index in [1.807, 2.05) is 44.2 Å². The summed E-state index contributed by atoms with van der Waals surface area (Å²) < 4.78 is 12.3. The normalized spacial score (nSPS) is 29.4. The minimum atomic E-state index is -1.06. The Morgan fingerprint density at radius 2 is 2.05 bits per heavy atom. The molecule has 1 saturated carbocycles. The van der Waals surface area contributed by atoms with Crippen LogP contribution in [0.2, 0.25) is 0 Å². The molecule has 1 amide bonds. The Balaban J connectivity index is 1.41. The van der Waals surface area contributed by atoms with Gasteiger partial charge in [-0.25, -0.2) is 0 Å². The predicted molar refractivity (Wildman–Crippen MR) is 151 cm³/mol. The van der Waals surface area contributed by atoms with Gasteiger partial charge in [-0.15, -0.1) is 6.58 Å². The molecule has 1 saturated heterocycles. The summed E-state index contributed by atoms with van der Waals surface area (Å²) in [4.78, 5) is 29.4. The average molecular weight is 541 g/mol. The largest absolute Gasteiger partial charge is 0.483 e. The SMILES string of the molecule is C=CCN1CC[C@]23c4c5ccc(OC(C)=O)c4O[C@H]2[C@@H](N(C)C(=O)C#Cc2ccc(C)c(C)c2)CC[C@@]3(O)[C@H]1C5. The third kappa shape index (κ3) is 3.73. The fourth-order valence-electron chi connectivity index (χ4n) is 7.79. The van der Waals surface area contributed by atoms with E-state index in [0.29, 0.717) is 43.7 Å². The van der Waals surface area contributed by atoms with Crippen molar-refractivity contribution in [3.05, 3.63) is 70.8 Å². The Kier molecular flexibility index (Phi) is 6.32. The summed E-state index contributed by atoms with van der Waals surface area (Å²) in [5.74, 6) is 6.04.